The van der Waals surface area contributed by atoms with Crippen LogP contribution in [0.1, 0.15) is 26.7 Å². The highest BCUT2D eigenvalue weighted by atomic mass is 16.7. The van der Waals surface area contributed by atoms with Crippen molar-refractivity contribution in [1.82, 2.24) is 5.32 Å². The van der Waals surface area contributed by atoms with Crippen LogP contribution in [0, 0.1) is 0 Å². The molecular formula is C14H25NO8. The summed E-state index contributed by atoms with van der Waals surface area (Å²) in [7, 11) is 0. The number of carbonyl (C=O) groups is 1. The van der Waals surface area contributed by atoms with E-state index < -0.39 is 55.6 Å². The van der Waals surface area contributed by atoms with Crippen molar-refractivity contribution in [2.45, 2.75) is 75.8 Å². The average Bonchev–Trinajstić information content (AvgIpc) is 2.49. The predicted molar refractivity (Wildman–Crippen MR) is 76.0 cm³/mol. The Kier molecular flexibility index (Phi) is 6.32. The number of rotatable bonds is 4. The van der Waals surface area contributed by atoms with Crippen LogP contribution in [-0.2, 0) is 19.0 Å². The second-order valence-corrected chi connectivity index (χ2v) is 6.03. The van der Waals surface area contributed by atoms with Crippen LogP contribution in [-0.4, -0.2) is 82.1 Å². The number of nitrogens with one attached hydrogen (secondary N) is 1. The third-order valence-electron chi connectivity index (χ3n) is 4.08. The lowest BCUT2D eigenvalue weighted by molar-refractivity contribution is -0.314. The molecule has 0 aromatic heterocycles. The zero-order valence-corrected chi connectivity index (χ0v) is 13.2. The van der Waals surface area contributed by atoms with Gasteiger partial charge in [0, 0.05) is 6.92 Å². The summed E-state index contributed by atoms with van der Waals surface area (Å²) in [5.74, 6) is -0.445. The minimum Gasteiger partial charge on any atom is -0.394 e. The summed E-state index contributed by atoms with van der Waals surface area (Å²) in [6.07, 6.45) is -5.82. The molecule has 2 rings (SSSR count). The second-order valence-electron chi connectivity index (χ2n) is 6.03. The van der Waals surface area contributed by atoms with Gasteiger partial charge >= 0.3 is 0 Å². The fraction of sp³-hybridized carbons (Fsp3) is 0.929. The molecule has 0 spiro atoms. The SMILES string of the molecule is CC(=O)N[C@@H]1[C@@H](O[C@@H]2O[C@H](C)CC[C@@H]2O)[C@@H](O)[C@@H](CO)O[C@H]1O. The third-order valence-corrected chi connectivity index (χ3v) is 4.08. The van der Waals surface area contributed by atoms with Gasteiger partial charge in [0.1, 0.15) is 30.5 Å². The van der Waals surface area contributed by atoms with Gasteiger partial charge in [-0.15, -0.1) is 0 Å². The van der Waals surface area contributed by atoms with Gasteiger partial charge in [-0.25, -0.2) is 0 Å². The Bertz CT molecular complexity index is 408. The molecule has 0 aromatic carbocycles. The van der Waals surface area contributed by atoms with Crippen LogP contribution in [0.5, 0.6) is 0 Å². The summed E-state index contributed by atoms with van der Waals surface area (Å²) in [4.78, 5) is 11.3. The summed E-state index contributed by atoms with van der Waals surface area (Å²) in [6.45, 7) is 2.55. The van der Waals surface area contributed by atoms with Crippen LogP contribution in [0.15, 0.2) is 0 Å². The maximum Gasteiger partial charge on any atom is 0.217 e. The highest BCUT2D eigenvalue weighted by molar-refractivity contribution is 5.73. The molecule has 2 aliphatic heterocycles. The second kappa shape index (κ2) is 7.84. The summed E-state index contributed by atoms with van der Waals surface area (Å²) < 4.78 is 16.3. The van der Waals surface area contributed by atoms with Gasteiger partial charge in [0.15, 0.2) is 12.6 Å². The molecule has 5 N–H and O–H groups in total. The Balaban J connectivity index is 2.15. The maximum absolute atomic E-state index is 11.3. The molecule has 0 saturated carbocycles. The standard InChI is InChI=1S/C14H25NO8/c1-6-3-4-8(18)14(21-6)23-12-10(15-7(2)17)13(20)22-9(5-16)11(12)19/h6,8-14,16,18-20H,3-5H2,1-2H3,(H,15,17)/t6-,8+,9-,10-,11+,12-,13-,14+/m1/s1. The monoisotopic (exact) mass is 335 g/mol. The average molecular weight is 335 g/mol. The molecule has 0 radical (unpaired) electrons. The van der Waals surface area contributed by atoms with Crippen molar-refractivity contribution in [3.8, 4) is 0 Å². The number of carbonyl (C=O) groups excluding carboxylic acids is 1. The van der Waals surface area contributed by atoms with Crippen molar-refractivity contribution in [1.29, 1.82) is 0 Å². The quantitative estimate of drug-likeness (QED) is 0.391. The molecule has 1 amide bonds. The zero-order chi connectivity index (χ0) is 17.1. The Hall–Kier alpha value is -0.810. The normalized spacial score (nSPS) is 44.8. The number of aliphatic hydroxyl groups is 4. The van der Waals surface area contributed by atoms with Crippen LogP contribution in [0.2, 0.25) is 0 Å². The van der Waals surface area contributed by atoms with Gasteiger partial charge in [-0.3, -0.25) is 4.79 Å². The van der Waals surface area contributed by atoms with E-state index in [1.165, 1.54) is 6.92 Å². The third kappa shape index (κ3) is 4.38. The molecule has 0 bridgehead atoms. The first kappa shape index (κ1) is 18.5. The number of aliphatic hydroxyl groups excluding tert-OH is 4. The number of ether oxygens (including phenoxy) is 3. The Morgan fingerprint density at radius 3 is 2.57 bits per heavy atom. The summed E-state index contributed by atoms with van der Waals surface area (Å²) in [5, 5.41) is 42.0. The fourth-order valence-electron chi connectivity index (χ4n) is 2.84. The molecule has 2 aliphatic rings. The smallest absolute Gasteiger partial charge is 0.217 e. The molecule has 2 fully saturated rings. The molecular weight excluding hydrogens is 310 g/mol. The highest BCUT2D eigenvalue weighted by Crippen LogP contribution is 2.27. The van der Waals surface area contributed by atoms with E-state index in [1.54, 1.807) is 0 Å². The molecule has 9 nitrogen and oxygen atoms in total. The fourth-order valence-corrected chi connectivity index (χ4v) is 2.84. The van der Waals surface area contributed by atoms with Crippen molar-refractivity contribution in [3.63, 3.8) is 0 Å². The molecule has 2 heterocycles. The van der Waals surface area contributed by atoms with Crippen LogP contribution in [0.4, 0.5) is 0 Å². The lowest BCUT2D eigenvalue weighted by Gasteiger charge is -2.44. The van der Waals surface area contributed by atoms with Crippen LogP contribution in [0.3, 0.4) is 0 Å². The van der Waals surface area contributed by atoms with Gasteiger partial charge in [0.25, 0.3) is 0 Å². The molecule has 23 heavy (non-hydrogen) atoms. The van der Waals surface area contributed by atoms with Gasteiger partial charge < -0.3 is 40.0 Å². The van der Waals surface area contributed by atoms with Crippen LogP contribution >= 0.6 is 0 Å². The van der Waals surface area contributed by atoms with E-state index in [-0.39, 0.29) is 6.10 Å². The first-order valence-corrected chi connectivity index (χ1v) is 7.72. The minimum atomic E-state index is -1.47. The first-order chi connectivity index (χ1) is 10.8. The summed E-state index contributed by atoms with van der Waals surface area (Å²) >= 11 is 0. The number of hydrogen-bond acceptors (Lipinski definition) is 8. The molecule has 0 aromatic rings. The molecule has 134 valence electrons. The van der Waals surface area contributed by atoms with E-state index in [0.29, 0.717) is 12.8 Å². The van der Waals surface area contributed by atoms with Crippen molar-refractivity contribution in [2.24, 2.45) is 0 Å². The van der Waals surface area contributed by atoms with Crippen LogP contribution in [0.25, 0.3) is 0 Å². The number of hydrogen-bond donors (Lipinski definition) is 5. The van der Waals surface area contributed by atoms with Crippen molar-refractivity contribution in [3.05, 3.63) is 0 Å². The Labute approximate surface area is 134 Å². The van der Waals surface area contributed by atoms with E-state index in [9.17, 15) is 25.2 Å². The predicted octanol–water partition coefficient (Wildman–Crippen LogP) is -2.17. The summed E-state index contributed by atoms with van der Waals surface area (Å²) in [6, 6.07) is -1.06. The van der Waals surface area contributed by atoms with E-state index in [4.69, 9.17) is 14.2 Å². The maximum atomic E-state index is 11.3. The lowest BCUT2D eigenvalue weighted by atomic mass is 9.96. The molecule has 0 unspecified atom stereocenters. The number of amides is 1. The molecule has 0 aliphatic carbocycles. The first-order valence-electron chi connectivity index (χ1n) is 7.72. The minimum absolute atomic E-state index is 0.127. The van der Waals surface area contributed by atoms with E-state index in [1.807, 2.05) is 6.92 Å². The largest absolute Gasteiger partial charge is 0.394 e. The molecule has 2 saturated heterocycles. The Morgan fingerprint density at radius 1 is 1.26 bits per heavy atom. The van der Waals surface area contributed by atoms with Gasteiger partial charge in [-0.2, -0.15) is 0 Å². The van der Waals surface area contributed by atoms with Crippen molar-refractivity contribution < 1.29 is 39.4 Å². The van der Waals surface area contributed by atoms with Crippen molar-refractivity contribution >= 4 is 5.91 Å². The summed E-state index contributed by atoms with van der Waals surface area (Å²) in [5.41, 5.74) is 0. The lowest BCUT2D eigenvalue weighted by Crippen LogP contribution is -2.66. The Morgan fingerprint density at radius 2 is 1.96 bits per heavy atom. The van der Waals surface area contributed by atoms with Crippen molar-refractivity contribution in [2.75, 3.05) is 6.61 Å². The van der Waals surface area contributed by atoms with Gasteiger partial charge in [-0.05, 0) is 19.8 Å². The molecule has 9 heteroatoms. The van der Waals surface area contributed by atoms with Crippen LogP contribution < -0.4 is 5.32 Å². The van der Waals surface area contributed by atoms with Gasteiger partial charge in [-0.1, -0.05) is 0 Å². The zero-order valence-electron chi connectivity index (χ0n) is 13.2. The van der Waals surface area contributed by atoms with E-state index >= 15 is 0 Å². The van der Waals surface area contributed by atoms with E-state index in [0.717, 1.165) is 0 Å². The topological polar surface area (TPSA) is 138 Å². The van der Waals surface area contributed by atoms with Gasteiger partial charge in [0.2, 0.25) is 5.91 Å². The van der Waals surface area contributed by atoms with E-state index in [2.05, 4.69) is 5.32 Å². The van der Waals surface area contributed by atoms with Gasteiger partial charge in [0.05, 0.1) is 12.7 Å². The molecule has 8 atom stereocenters. The highest BCUT2D eigenvalue weighted by Gasteiger charge is 2.47.